The van der Waals surface area contributed by atoms with Gasteiger partial charge in [-0.2, -0.15) is 8.78 Å². The van der Waals surface area contributed by atoms with Crippen LogP contribution >= 0.6 is 0 Å². The van der Waals surface area contributed by atoms with Gasteiger partial charge in [0.1, 0.15) is 0 Å². The van der Waals surface area contributed by atoms with Crippen molar-refractivity contribution in [3.63, 3.8) is 0 Å². The molecule has 1 aliphatic heterocycles. The number of hydrogen-bond acceptors (Lipinski definition) is 3. The highest BCUT2D eigenvalue weighted by Crippen LogP contribution is 2.26. The summed E-state index contributed by atoms with van der Waals surface area (Å²) >= 11 is 0. The number of nitrogens with one attached hydrogen (secondary N) is 2. The van der Waals surface area contributed by atoms with Crippen LogP contribution in [0.3, 0.4) is 0 Å². The number of hydrogen-bond donors (Lipinski definition) is 2. The Kier molecular flexibility index (Phi) is 6.86. The monoisotopic (exact) mass is 368 g/mol. The molecular weight excluding hydrogens is 344 g/mol. The van der Waals surface area contributed by atoms with Crippen LogP contribution in [0.15, 0.2) is 0 Å². The zero-order valence-electron chi connectivity index (χ0n) is 13.9. The van der Waals surface area contributed by atoms with Crippen LogP contribution in [0.2, 0.25) is 0 Å². The van der Waals surface area contributed by atoms with Crippen molar-refractivity contribution >= 4 is 11.9 Å². The van der Waals surface area contributed by atoms with Gasteiger partial charge < -0.3 is 15.5 Å². The van der Waals surface area contributed by atoms with Gasteiger partial charge in [0.05, 0.1) is 13.1 Å². The lowest BCUT2D eigenvalue weighted by Gasteiger charge is -2.27. The van der Waals surface area contributed by atoms with Crippen LogP contribution in [-0.4, -0.2) is 79.4 Å². The maximum absolute atomic E-state index is 13.8. The predicted molar refractivity (Wildman–Crippen MR) is 82.8 cm³/mol. The van der Waals surface area contributed by atoms with E-state index in [0.29, 0.717) is 12.8 Å². The van der Waals surface area contributed by atoms with Gasteiger partial charge in [-0.05, 0) is 25.7 Å². The molecule has 2 fully saturated rings. The first-order valence-corrected chi connectivity index (χ1v) is 8.50. The minimum absolute atomic E-state index is 0.0936. The van der Waals surface area contributed by atoms with Crippen molar-refractivity contribution in [2.75, 3.05) is 39.3 Å². The molecule has 2 aliphatic rings. The van der Waals surface area contributed by atoms with Crippen molar-refractivity contribution in [3.8, 4) is 0 Å². The fraction of sp³-hybridized carbons (Fsp3) is 0.867. The quantitative estimate of drug-likeness (QED) is 0.694. The fourth-order valence-corrected chi connectivity index (χ4v) is 2.78. The maximum Gasteiger partial charge on any atom is 0.341 e. The fourth-order valence-electron chi connectivity index (χ4n) is 2.78. The molecule has 2 N–H and O–H groups in total. The van der Waals surface area contributed by atoms with Crippen LogP contribution in [0.25, 0.3) is 0 Å². The Morgan fingerprint density at radius 1 is 1.36 bits per heavy atom. The summed E-state index contributed by atoms with van der Waals surface area (Å²) in [6.45, 7) is -0.758. The third kappa shape index (κ3) is 6.33. The molecule has 10 heteroatoms. The van der Waals surface area contributed by atoms with Gasteiger partial charge in [-0.25, -0.2) is 13.6 Å². The molecule has 3 amide bonds. The number of alkyl halides is 4. The molecule has 25 heavy (non-hydrogen) atoms. The van der Waals surface area contributed by atoms with Gasteiger partial charge in [-0.15, -0.1) is 0 Å². The van der Waals surface area contributed by atoms with Gasteiger partial charge in [0.15, 0.2) is 0 Å². The summed E-state index contributed by atoms with van der Waals surface area (Å²) < 4.78 is 52.7. The summed E-state index contributed by atoms with van der Waals surface area (Å²) in [5, 5.41) is 4.64. The first-order chi connectivity index (χ1) is 11.8. The second-order valence-corrected chi connectivity index (χ2v) is 6.44. The van der Waals surface area contributed by atoms with Gasteiger partial charge in [0, 0.05) is 32.2 Å². The van der Waals surface area contributed by atoms with E-state index in [0.717, 1.165) is 17.7 Å². The smallest absolute Gasteiger partial charge is 0.341 e. The molecule has 0 unspecified atom stereocenters. The maximum atomic E-state index is 13.8. The van der Waals surface area contributed by atoms with E-state index in [9.17, 15) is 27.2 Å². The van der Waals surface area contributed by atoms with Gasteiger partial charge in [-0.3, -0.25) is 9.69 Å². The number of nitrogens with zero attached hydrogens (tertiary/aromatic N) is 2. The van der Waals surface area contributed by atoms with E-state index in [4.69, 9.17) is 0 Å². The number of carbonyl (C=O) groups excluding carboxylic acids is 2. The van der Waals surface area contributed by atoms with E-state index in [1.165, 1.54) is 0 Å². The molecule has 0 spiro atoms. The van der Waals surface area contributed by atoms with Crippen LogP contribution in [0.5, 0.6) is 0 Å². The second-order valence-electron chi connectivity index (χ2n) is 6.44. The van der Waals surface area contributed by atoms with Gasteiger partial charge in [-0.1, -0.05) is 0 Å². The summed E-state index contributed by atoms with van der Waals surface area (Å²) in [5.74, 6) is -5.04. The van der Waals surface area contributed by atoms with Crippen molar-refractivity contribution in [3.05, 3.63) is 0 Å². The molecule has 2 rings (SSSR count). The van der Waals surface area contributed by atoms with Crippen molar-refractivity contribution in [1.29, 1.82) is 0 Å². The number of rotatable bonds is 6. The Labute approximate surface area is 143 Å². The molecule has 144 valence electrons. The van der Waals surface area contributed by atoms with Crippen molar-refractivity contribution in [1.82, 2.24) is 20.4 Å². The lowest BCUT2D eigenvalue weighted by atomic mass is 10.3. The Morgan fingerprint density at radius 2 is 2.08 bits per heavy atom. The molecule has 1 heterocycles. The van der Waals surface area contributed by atoms with E-state index >= 15 is 0 Å². The standard InChI is InChI=1S/C15H24F4N4O2/c16-12(17)9-22(11-3-4-11)8-6-21-14(25)23-7-2-1-5-20-13(24)15(18,19)10-23/h11-12H,1-10H2,(H,20,24)(H,21,25). The SMILES string of the molecule is O=C(NCCN(CC(F)F)C1CC1)N1CCCCNC(=O)C(F)(F)C1. The summed E-state index contributed by atoms with van der Waals surface area (Å²) in [7, 11) is 0. The van der Waals surface area contributed by atoms with Crippen LogP contribution in [-0.2, 0) is 4.79 Å². The van der Waals surface area contributed by atoms with Gasteiger partial charge >= 0.3 is 12.0 Å². The van der Waals surface area contributed by atoms with Crippen molar-refractivity contribution < 1.29 is 27.2 Å². The molecule has 0 aromatic heterocycles. The van der Waals surface area contributed by atoms with Crippen molar-refractivity contribution in [2.24, 2.45) is 0 Å². The van der Waals surface area contributed by atoms with Crippen molar-refractivity contribution in [2.45, 2.75) is 44.1 Å². The highest BCUT2D eigenvalue weighted by atomic mass is 19.3. The first kappa shape index (κ1) is 19.7. The van der Waals surface area contributed by atoms with Crippen LogP contribution < -0.4 is 10.6 Å². The van der Waals surface area contributed by atoms with Crippen LogP contribution in [0.4, 0.5) is 22.4 Å². The number of urea groups is 1. The molecule has 0 atom stereocenters. The van der Waals surface area contributed by atoms with Crippen LogP contribution in [0, 0.1) is 0 Å². The molecular formula is C15H24F4N4O2. The number of halogens is 4. The molecule has 6 nitrogen and oxygen atoms in total. The summed E-state index contributed by atoms with van der Waals surface area (Å²) in [5.41, 5.74) is 0. The summed E-state index contributed by atoms with van der Waals surface area (Å²) in [4.78, 5) is 26.1. The zero-order chi connectivity index (χ0) is 18.4. The molecule has 0 radical (unpaired) electrons. The third-order valence-electron chi connectivity index (χ3n) is 4.26. The first-order valence-electron chi connectivity index (χ1n) is 8.50. The third-order valence-corrected chi connectivity index (χ3v) is 4.26. The summed E-state index contributed by atoms with van der Waals surface area (Å²) in [6.07, 6.45) is 0.243. The lowest BCUT2D eigenvalue weighted by Crippen LogP contribution is -2.52. The van der Waals surface area contributed by atoms with Gasteiger partial charge in [0.25, 0.3) is 12.3 Å². The van der Waals surface area contributed by atoms with E-state index in [2.05, 4.69) is 10.6 Å². The average molecular weight is 368 g/mol. The molecule has 0 aromatic carbocycles. The normalized spacial score (nSPS) is 21.5. The Bertz CT molecular complexity index is 474. The van der Waals surface area contributed by atoms with E-state index in [-0.39, 0.29) is 38.8 Å². The topological polar surface area (TPSA) is 64.7 Å². The largest absolute Gasteiger partial charge is 0.351 e. The van der Waals surface area contributed by atoms with Gasteiger partial charge in [0.2, 0.25) is 0 Å². The molecule has 1 aliphatic carbocycles. The highest BCUT2D eigenvalue weighted by Gasteiger charge is 2.42. The number of carbonyl (C=O) groups is 2. The molecule has 1 saturated heterocycles. The molecule has 0 bridgehead atoms. The highest BCUT2D eigenvalue weighted by molar-refractivity contribution is 5.84. The summed E-state index contributed by atoms with van der Waals surface area (Å²) in [6, 6.07) is -0.591. The Balaban J connectivity index is 1.83. The predicted octanol–water partition coefficient (Wildman–Crippen LogP) is 1.27. The van der Waals surface area contributed by atoms with E-state index in [1.807, 2.05) is 0 Å². The lowest BCUT2D eigenvalue weighted by molar-refractivity contribution is -0.146. The Hall–Kier alpha value is -1.58. The second kappa shape index (κ2) is 8.68. The molecule has 1 saturated carbocycles. The molecule has 0 aromatic rings. The van der Waals surface area contributed by atoms with Crippen LogP contribution in [0.1, 0.15) is 25.7 Å². The minimum atomic E-state index is -3.66. The minimum Gasteiger partial charge on any atom is -0.351 e. The Morgan fingerprint density at radius 3 is 2.72 bits per heavy atom. The van der Waals surface area contributed by atoms with E-state index in [1.54, 1.807) is 4.90 Å². The van der Waals surface area contributed by atoms with E-state index < -0.39 is 30.8 Å². The average Bonchev–Trinajstić information content (AvgIpc) is 3.35. The zero-order valence-corrected chi connectivity index (χ0v) is 13.9. The number of amides is 3.